The minimum atomic E-state index is -1.95. The highest BCUT2D eigenvalue weighted by Gasteiger charge is 2.30. The number of hydrogen-bond donors (Lipinski definition) is 2. The molecule has 28 heavy (non-hydrogen) atoms. The van der Waals surface area contributed by atoms with Gasteiger partial charge in [0.05, 0.1) is 25.5 Å². The summed E-state index contributed by atoms with van der Waals surface area (Å²) in [6.07, 6.45) is 0. The number of ether oxygens (including phenoxy) is 2. The molecular weight excluding hydrogens is 404 g/mol. The van der Waals surface area contributed by atoms with Gasteiger partial charge in [-0.1, -0.05) is 12.1 Å². The van der Waals surface area contributed by atoms with Gasteiger partial charge in [-0.05, 0) is 24.4 Å². The van der Waals surface area contributed by atoms with Crippen molar-refractivity contribution in [3.8, 4) is 5.75 Å². The maximum absolute atomic E-state index is 14.0. The Kier molecular flexibility index (Phi) is 6.52. The second-order valence-electron chi connectivity index (χ2n) is 5.11. The third-order valence-electron chi connectivity index (χ3n) is 3.46. The first-order valence-corrected chi connectivity index (χ1v) is 7.83. The second kappa shape index (κ2) is 8.65. The second-order valence-corrected chi connectivity index (χ2v) is 5.52. The highest BCUT2D eigenvalue weighted by Crippen LogP contribution is 2.29. The molecule has 2 aromatic rings. The summed E-state index contributed by atoms with van der Waals surface area (Å²) in [5.41, 5.74) is -1.35. The fraction of sp³-hybridized carbons (Fsp3) is 0.118. The van der Waals surface area contributed by atoms with Crippen LogP contribution in [0.25, 0.3) is 0 Å². The van der Waals surface area contributed by atoms with Crippen LogP contribution in [0.2, 0.25) is 0 Å². The van der Waals surface area contributed by atoms with E-state index in [9.17, 15) is 27.2 Å². The van der Waals surface area contributed by atoms with Crippen LogP contribution in [0, 0.1) is 23.3 Å². The molecule has 11 heteroatoms. The van der Waals surface area contributed by atoms with Crippen LogP contribution in [0.1, 0.15) is 20.7 Å². The first-order chi connectivity index (χ1) is 13.2. The Morgan fingerprint density at radius 1 is 0.964 bits per heavy atom. The van der Waals surface area contributed by atoms with Gasteiger partial charge in [0.1, 0.15) is 5.56 Å². The summed E-state index contributed by atoms with van der Waals surface area (Å²) >= 11 is 4.84. The Hall–Kier alpha value is -3.21. The highest BCUT2D eigenvalue weighted by molar-refractivity contribution is 7.80. The summed E-state index contributed by atoms with van der Waals surface area (Å²) in [5.74, 6) is -11.2. The molecule has 0 saturated heterocycles. The van der Waals surface area contributed by atoms with Crippen molar-refractivity contribution in [2.24, 2.45) is 0 Å². The van der Waals surface area contributed by atoms with E-state index >= 15 is 0 Å². The van der Waals surface area contributed by atoms with Crippen LogP contribution < -0.4 is 15.4 Å². The molecule has 0 aliphatic carbocycles. The van der Waals surface area contributed by atoms with Crippen LogP contribution in [0.3, 0.4) is 0 Å². The number of para-hydroxylation sites is 1. The lowest BCUT2D eigenvalue weighted by atomic mass is 10.1. The van der Waals surface area contributed by atoms with Gasteiger partial charge in [-0.3, -0.25) is 10.1 Å². The van der Waals surface area contributed by atoms with Gasteiger partial charge in [-0.25, -0.2) is 13.6 Å². The van der Waals surface area contributed by atoms with Crippen LogP contribution in [0.5, 0.6) is 5.75 Å². The van der Waals surface area contributed by atoms with Gasteiger partial charge in [0, 0.05) is 0 Å². The van der Waals surface area contributed by atoms with Crippen molar-refractivity contribution in [3.63, 3.8) is 0 Å². The molecule has 0 heterocycles. The molecule has 0 atom stereocenters. The number of rotatable bonds is 4. The summed E-state index contributed by atoms with van der Waals surface area (Å²) in [5, 5.41) is 3.85. The molecule has 0 unspecified atom stereocenters. The molecule has 2 N–H and O–H groups in total. The van der Waals surface area contributed by atoms with Crippen molar-refractivity contribution < 1.29 is 36.6 Å². The third kappa shape index (κ3) is 4.03. The normalized spacial score (nSPS) is 10.2. The van der Waals surface area contributed by atoms with Gasteiger partial charge in [-0.2, -0.15) is 8.78 Å². The van der Waals surface area contributed by atoms with E-state index in [-0.39, 0.29) is 11.3 Å². The summed E-state index contributed by atoms with van der Waals surface area (Å²) in [6, 6.07) is 5.88. The summed E-state index contributed by atoms with van der Waals surface area (Å²) in [4.78, 5) is 23.8. The standard InChI is InChI=1S/C17H12F4N2O4S/c1-26-14-12(20)10(18)9(11(19)13(14)21)15(24)23-17(28)22-8-6-4-3-5-7(8)16(25)27-2/h3-6H,1-2H3,(H2,22,23,24,28). The number of methoxy groups -OCH3 is 2. The number of anilines is 1. The molecule has 2 rings (SSSR count). The molecule has 0 aliphatic heterocycles. The van der Waals surface area contributed by atoms with Crippen LogP contribution in [-0.2, 0) is 4.74 Å². The Bertz CT molecular complexity index is 939. The average molecular weight is 416 g/mol. The predicted octanol–water partition coefficient (Wildman–Crippen LogP) is 3.17. The molecule has 0 fully saturated rings. The number of amides is 1. The molecule has 0 spiro atoms. The van der Waals surface area contributed by atoms with Crippen LogP contribution in [-0.4, -0.2) is 31.2 Å². The van der Waals surface area contributed by atoms with Crippen LogP contribution >= 0.6 is 12.2 Å². The zero-order valence-electron chi connectivity index (χ0n) is 14.4. The van der Waals surface area contributed by atoms with E-state index in [2.05, 4.69) is 14.8 Å². The molecule has 6 nitrogen and oxygen atoms in total. The molecule has 148 valence electrons. The number of halogens is 4. The summed E-state index contributed by atoms with van der Waals surface area (Å²) in [6.45, 7) is 0. The fourth-order valence-corrected chi connectivity index (χ4v) is 2.39. The van der Waals surface area contributed by atoms with Crippen molar-refractivity contribution in [1.82, 2.24) is 5.32 Å². The maximum atomic E-state index is 14.0. The topological polar surface area (TPSA) is 76.7 Å². The highest BCUT2D eigenvalue weighted by atomic mass is 32.1. The number of esters is 1. The van der Waals surface area contributed by atoms with Crippen molar-refractivity contribution in [2.75, 3.05) is 19.5 Å². The smallest absolute Gasteiger partial charge is 0.339 e. The van der Waals surface area contributed by atoms with Crippen molar-refractivity contribution in [3.05, 3.63) is 58.7 Å². The van der Waals surface area contributed by atoms with Crippen LogP contribution in [0.4, 0.5) is 23.2 Å². The van der Waals surface area contributed by atoms with Crippen molar-refractivity contribution in [2.45, 2.75) is 0 Å². The number of carbonyl (C=O) groups is 2. The van der Waals surface area contributed by atoms with E-state index in [1.165, 1.54) is 24.3 Å². The molecule has 0 bridgehead atoms. The monoisotopic (exact) mass is 416 g/mol. The van der Waals surface area contributed by atoms with Gasteiger partial charge < -0.3 is 14.8 Å². The number of hydrogen-bond acceptors (Lipinski definition) is 5. The first-order valence-electron chi connectivity index (χ1n) is 7.42. The summed E-state index contributed by atoms with van der Waals surface area (Å²) < 4.78 is 64.3. The molecule has 1 amide bonds. The van der Waals surface area contributed by atoms with Crippen molar-refractivity contribution >= 4 is 34.9 Å². The third-order valence-corrected chi connectivity index (χ3v) is 3.67. The minimum absolute atomic E-state index is 0.0560. The average Bonchev–Trinajstić information content (AvgIpc) is 2.66. The first kappa shape index (κ1) is 21.1. The van der Waals surface area contributed by atoms with Gasteiger partial charge in [0.15, 0.2) is 22.5 Å². The Morgan fingerprint density at radius 2 is 1.54 bits per heavy atom. The minimum Gasteiger partial charge on any atom is -0.491 e. The molecule has 0 saturated carbocycles. The SMILES string of the molecule is COC(=O)c1ccccc1NC(=S)NC(=O)c1c(F)c(F)c(OC)c(F)c1F. The molecule has 0 aliphatic rings. The van der Waals surface area contributed by atoms with E-state index < -0.39 is 51.6 Å². The van der Waals surface area contributed by atoms with Gasteiger partial charge in [0.2, 0.25) is 11.6 Å². The van der Waals surface area contributed by atoms with E-state index in [0.717, 1.165) is 14.2 Å². The molecular formula is C17H12F4N2O4S. The lowest BCUT2D eigenvalue weighted by Gasteiger charge is -2.14. The Labute approximate surface area is 161 Å². The lowest BCUT2D eigenvalue weighted by molar-refractivity contribution is 0.0601. The number of nitrogens with one attached hydrogen (secondary N) is 2. The zero-order valence-corrected chi connectivity index (χ0v) is 15.2. The van der Waals surface area contributed by atoms with Crippen molar-refractivity contribution in [1.29, 1.82) is 0 Å². The maximum Gasteiger partial charge on any atom is 0.339 e. The van der Waals surface area contributed by atoms with E-state index in [1.807, 2.05) is 5.32 Å². The van der Waals surface area contributed by atoms with E-state index in [4.69, 9.17) is 12.2 Å². The number of carbonyl (C=O) groups excluding carboxylic acids is 2. The predicted molar refractivity (Wildman–Crippen MR) is 94.3 cm³/mol. The lowest BCUT2D eigenvalue weighted by Crippen LogP contribution is -2.36. The molecule has 0 radical (unpaired) electrons. The summed E-state index contributed by atoms with van der Waals surface area (Å²) in [7, 11) is 1.95. The van der Waals surface area contributed by atoms with E-state index in [1.54, 1.807) is 0 Å². The molecule has 2 aromatic carbocycles. The molecule has 0 aromatic heterocycles. The fourth-order valence-electron chi connectivity index (χ4n) is 2.19. The number of benzene rings is 2. The Morgan fingerprint density at radius 3 is 2.07 bits per heavy atom. The largest absolute Gasteiger partial charge is 0.491 e. The zero-order chi connectivity index (χ0) is 21.0. The van der Waals surface area contributed by atoms with Gasteiger partial charge in [-0.15, -0.1) is 0 Å². The number of thiocarbonyl (C=S) groups is 1. The Balaban J connectivity index is 2.28. The quantitative estimate of drug-likeness (QED) is 0.345. The van der Waals surface area contributed by atoms with Crippen LogP contribution in [0.15, 0.2) is 24.3 Å². The van der Waals surface area contributed by atoms with Gasteiger partial charge >= 0.3 is 5.97 Å². The van der Waals surface area contributed by atoms with Gasteiger partial charge in [0.25, 0.3) is 5.91 Å². The van der Waals surface area contributed by atoms with E-state index in [0.29, 0.717) is 0 Å².